The Bertz CT molecular complexity index is 5460. The maximum Gasteiger partial charge on any atom is 0.530 e. The summed E-state index contributed by atoms with van der Waals surface area (Å²) in [7, 11) is -4.12. The molecular formula is C83H90Cl2N14O17P2. The number of benzene rings is 6. The number of hydrogen-bond donors (Lipinski definition) is 5. The van der Waals surface area contributed by atoms with Gasteiger partial charge >= 0.3 is 13.5 Å². The third kappa shape index (κ3) is 18.3. The lowest BCUT2D eigenvalue weighted by Gasteiger charge is -2.39. The molecule has 7 unspecified atom stereocenters. The van der Waals surface area contributed by atoms with E-state index in [9.17, 15) is 29.2 Å². The Labute approximate surface area is 690 Å². The Kier molecular flexibility index (Phi) is 26.4. The maximum atomic E-state index is 17.1. The summed E-state index contributed by atoms with van der Waals surface area (Å²) in [5.74, 6) is -1.88. The van der Waals surface area contributed by atoms with Crippen LogP contribution < -0.4 is 46.8 Å². The van der Waals surface area contributed by atoms with E-state index in [1.807, 2.05) is 123 Å². The van der Waals surface area contributed by atoms with E-state index in [-0.39, 0.29) is 90.3 Å². The molecule has 618 valence electrons. The van der Waals surface area contributed by atoms with Gasteiger partial charge in [0.05, 0.1) is 88.9 Å². The highest BCUT2D eigenvalue weighted by molar-refractivity contribution is 7.49. The van der Waals surface area contributed by atoms with E-state index >= 15 is 4.57 Å². The number of para-hydroxylation sites is 1. The molecule has 0 aliphatic carbocycles. The fourth-order valence-electron chi connectivity index (χ4n) is 15.3. The second kappa shape index (κ2) is 36.9. The number of halogens is 2. The van der Waals surface area contributed by atoms with E-state index in [0.717, 1.165) is 5.56 Å². The van der Waals surface area contributed by atoms with Crippen LogP contribution in [0.3, 0.4) is 0 Å². The van der Waals surface area contributed by atoms with Crippen LogP contribution in [0.25, 0.3) is 11.2 Å². The van der Waals surface area contributed by atoms with Crippen LogP contribution in [-0.4, -0.2) is 138 Å². The molecule has 8 heterocycles. The van der Waals surface area contributed by atoms with Crippen molar-refractivity contribution in [1.82, 2.24) is 53.9 Å². The Hall–Kier alpha value is -10.3. The minimum Gasteiger partial charge on any atom is -0.497 e. The van der Waals surface area contributed by atoms with Crippen molar-refractivity contribution in [2.45, 2.75) is 153 Å². The standard InChI is InChI=1S/C83H90Cl2N14O17P2/c1-48(2)77(100)93-81-92-76-72(80(103)94-81)90-47-98(76)69-41-64(116-118(105,115-62-27-17-16-26-61(62)85)110-44-66-63(40-68(112-66)96-42-51(7)78(101)95-82(96)104)114-117(109-37-19-36-86)99(49(3)4)50(5)6)73(113-69)70(53-22-18-25-57(84)38-53)60-39-67(97-46-89-71-74(87-45-88-75(71)97)91-79(102)52-20-12-10-13-21-52)111-65(60)43-108-83(54-23-14-11-15-24-54,55-28-32-58(106-8)33-29-55)56-30-34-59(107-9)35-31-56/h10-18,20-35,38,42,45-50,60,63-70,73-74H,19,37,39-41,43-44H2,1-9H3,(H,87,88)(H,91,102)(H,95,101,104)(H2,92,93,94,100,103)/t60-,63?,64+,65+,66?,67-,68?,69-,70?,73+,74?,117?,118?/m1/s1. The average molecular weight is 1690 g/mol. The van der Waals surface area contributed by atoms with E-state index < -0.39 is 124 Å². The van der Waals surface area contributed by atoms with Gasteiger partial charge < -0.3 is 52.6 Å². The quantitative estimate of drug-likeness (QED) is 0.0145. The second-order valence-corrected chi connectivity index (χ2v) is 33.4. The Morgan fingerprint density at radius 3 is 2.05 bits per heavy atom. The van der Waals surface area contributed by atoms with Crippen LogP contribution in [0.5, 0.6) is 17.2 Å². The molecule has 0 bridgehead atoms. The number of nitriles is 1. The van der Waals surface area contributed by atoms with E-state index in [2.05, 4.69) is 37.0 Å². The predicted molar refractivity (Wildman–Crippen MR) is 440 cm³/mol. The lowest BCUT2D eigenvalue weighted by Crippen LogP contribution is -2.41. The number of aryl methyl sites for hydroxylation is 1. The number of amides is 2. The molecule has 4 aliphatic rings. The molecule has 6 aromatic carbocycles. The van der Waals surface area contributed by atoms with Gasteiger partial charge in [0.25, 0.3) is 25.6 Å². The number of imidazole rings is 2. The molecule has 35 heteroatoms. The number of fused-ring (bicyclic) bond motifs is 2. The van der Waals surface area contributed by atoms with Crippen molar-refractivity contribution < 1.29 is 65.2 Å². The van der Waals surface area contributed by atoms with E-state index in [0.29, 0.717) is 50.3 Å². The molecule has 14 rings (SSSR count). The summed E-state index contributed by atoms with van der Waals surface area (Å²) in [6.07, 6.45) is -4.47. The summed E-state index contributed by atoms with van der Waals surface area (Å²) in [6, 6.07) is 49.0. The number of carbonyl (C=O) groups is 2. The number of hydrogen-bond acceptors (Lipinski definition) is 24. The molecule has 31 nitrogen and oxygen atoms in total. The predicted octanol–water partition coefficient (Wildman–Crippen LogP) is 14.0. The van der Waals surface area contributed by atoms with Gasteiger partial charge in [0, 0.05) is 65.0 Å². The molecular weight excluding hydrogens is 1600 g/mol. The number of aliphatic imine (C=N–C) groups is 1. The molecule has 4 aromatic heterocycles. The minimum absolute atomic E-state index is 0.000632. The highest BCUT2D eigenvalue weighted by atomic mass is 35.5. The highest BCUT2D eigenvalue weighted by Crippen LogP contribution is 2.59. The van der Waals surface area contributed by atoms with Gasteiger partial charge in [0.2, 0.25) is 11.9 Å². The van der Waals surface area contributed by atoms with Crippen molar-refractivity contribution in [3.05, 3.63) is 257 Å². The maximum absolute atomic E-state index is 17.1. The molecule has 2 amide bonds. The van der Waals surface area contributed by atoms with Crippen LogP contribution in [-0.2, 0) is 52.0 Å². The molecule has 4 aliphatic heterocycles. The van der Waals surface area contributed by atoms with Crippen LogP contribution in [0.2, 0.25) is 10.0 Å². The zero-order valence-corrected chi connectivity index (χ0v) is 69.3. The first-order valence-electron chi connectivity index (χ1n) is 38.6. The van der Waals surface area contributed by atoms with Crippen LogP contribution >= 0.6 is 39.6 Å². The number of phosphoric acid groups is 1. The molecule has 0 spiro atoms. The van der Waals surface area contributed by atoms with Gasteiger partial charge in [-0.1, -0.05) is 134 Å². The van der Waals surface area contributed by atoms with Crippen molar-refractivity contribution in [2.24, 2.45) is 16.8 Å². The first kappa shape index (κ1) is 84.2. The first-order valence-corrected chi connectivity index (χ1v) is 41.9. The molecule has 118 heavy (non-hydrogen) atoms. The fraction of sp³-hybridized carbons (Fsp3) is 0.373. The number of aromatic nitrogens is 8. The largest absolute Gasteiger partial charge is 0.530 e. The lowest BCUT2D eigenvalue weighted by molar-refractivity contribution is -0.119. The molecule has 5 N–H and O–H groups in total. The van der Waals surface area contributed by atoms with Crippen LogP contribution in [0.15, 0.2) is 196 Å². The van der Waals surface area contributed by atoms with Crippen molar-refractivity contribution in [3.63, 3.8) is 0 Å². The third-order valence-corrected chi connectivity index (χ3v) is 25.1. The zero-order chi connectivity index (χ0) is 83.1. The SMILES string of the molecule is COc1ccc(C(OC[C@@H]2O[C@@H](n3cnc4c3N=CNC4NC(=O)c3ccccc3)C[C@H]2C(c2cccc(Cl)c2)[C@H]2O[C@@H](n3cnc4c(=O)[nH]c(NC(=O)C(C)C)nc43)C[C@@H]2OP(=O)(OCC2OC(n3cc(C)c(=O)[nH]c3=O)CC2OP(OCCC#N)N(C(C)C)C(C)C)Oc2ccccc2Cl)(c2ccccc2)c2ccc(OC)cc2)cc1. The van der Waals surface area contributed by atoms with Crippen LogP contribution in [0.1, 0.15) is 142 Å². The van der Waals surface area contributed by atoms with Gasteiger partial charge in [-0.3, -0.25) is 57.2 Å². The second-order valence-electron chi connectivity index (χ2n) is 29.6. The van der Waals surface area contributed by atoms with Crippen LogP contribution in [0.4, 0.5) is 11.8 Å². The lowest BCUT2D eigenvalue weighted by atomic mass is 9.76. The molecule has 10 aromatic rings. The summed E-state index contributed by atoms with van der Waals surface area (Å²) in [5, 5.41) is 19.0. The third-order valence-electron chi connectivity index (χ3n) is 20.9. The first-order chi connectivity index (χ1) is 56.9. The molecule has 13 atom stereocenters. The summed E-state index contributed by atoms with van der Waals surface area (Å²) in [4.78, 5) is 92.3. The summed E-state index contributed by atoms with van der Waals surface area (Å²) < 4.78 is 98.9. The summed E-state index contributed by atoms with van der Waals surface area (Å²) in [5.41, 5.74) is 0.113. The molecule has 3 saturated heterocycles. The van der Waals surface area contributed by atoms with E-state index in [1.165, 1.54) is 40.1 Å². The highest BCUT2D eigenvalue weighted by Gasteiger charge is 2.55. The van der Waals surface area contributed by atoms with Gasteiger partial charge in [-0.2, -0.15) is 10.2 Å². The van der Waals surface area contributed by atoms with Gasteiger partial charge in [0.15, 0.2) is 17.0 Å². The van der Waals surface area contributed by atoms with E-state index in [4.69, 9.17) is 89.2 Å². The van der Waals surface area contributed by atoms with Crippen molar-refractivity contribution in [2.75, 3.05) is 39.4 Å². The fourth-order valence-corrected chi connectivity index (χ4v) is 18.9. The van der Waals surface area contributed by atoms with Gasteiger partial charge in [-0.15, -0.1) is 0 Å². The number of anilines is 1. The molecule has 3 fully saturated rings. The van der Waals surface area contributed by atoms with Crippen molar-refractivity contribution >= 4 is 80.6 Å². The van der Waals surface area contributed by atoms with Gasteiger partial charge in [0.1, 0.15) is 65.6 Å². The monoisotopic (exact) mass is 1690 g/mol. The number of ether oxygens (including phenoxy) is 6. The molecule has 0 radical (unpaired) electrons. The van der Waals surface area contributed by atoms with Crippen molar-refractivity contribution in [1.29, 1.82) is 5.26 Å². The number of aromatic amines is 2. The van der Waals surface area contributed by atoms with Crippen molar-refractivity contribution in [3.8, 4) is 23.3 Å². The van der Waals surface area contributed by atoms with E-state index in [1.54, 1.807) is 100 Å². The smallest absolute Gasteiger partial charge is 0.497 e. The normalized spacial score (nSPS) is 21.5. The van der Waals surface area contributed by atoms with Gasteiger partial charge in [-0.05, 0) is 124 Å². The summed E-state index contributed by atoms with van der Waals surface area (Å²) >= 11 is 14.2. The number of carbonyl (C=O) groups excluding carboxylic acids is 2. The number of nitrogens with one attached hydrogen (secondary N) is 5. The minimum atomic E-state index is -5.28. The number of phosphoric ester groups is 1. The average Bonchev–Trinajstić information content (AvgIpc) is 1.39. The number of nitrogens with zero attached hydrogens (tertiary/aromatic N) is 9. The Morgan fingerprint density at radius 2 is 1.38 bits per heavy atom. The van der Waals surface area contributed by atoms with Crippen LogP contribution in [0, 0.1) is 30.1 Å². The summed E-state index contributed by atoms with van der Waals surface area (Å²) in [6.45, 7) is 12.0. The number of rotatable bonds is 33. The topological polar surface area (TPSA) is 364 Å². The van der Waals surface area contributed by atoms with Gasteiger partial charge in [-0.25, -0.2) is 29.0 Å². The zero-order valence-electron chi connectivity index (χ0n) is 66.0. The number of H-pyrrole nitrogens is 2. The Morgan fingerprint density at radius 1 is 0.737 bits per heavy atom. The molecule has 0 saturated carbocycles. The Balaban J connectivity index is 0.926. The number of methoxy groups -OCH3 is 2.